The molecule has 6 heteroatoms. The number of nitrogens with zero attached hydrogens (tertiary/aromatic N) is 2. The molecule has 1 aliphatic carbocycles. The minimum absolute atomic E-state index is 0.00387. The molecule has 1 aliphatic heterocycles. The Bertz CT molecular complexity index is 671. The van der Waals surface area contributed by atoms with Gasteiger partial charge >= 0.3 is 0 Å². The summed E-state index contributed by atoms with van der Waals surface area (Å²) in [6.45, 7) is 7.80. The van der Waals surface area contributed by atoms with Crippen molar-refractivity contribution in [3.05, 3.63) is 29.8 Å². The third-order valence-electron chi connectivity index (χ3n) is 5.90. The number of rotatable bonds is 6. The molecule has 0 spiro atoms. The predicted octanol–water partition coefficient (Wildman–Crippen LogP) is 2.54. The summed E-state index contributed by atoms with van der Waals surface area (Å²) < 4.78 is 5.59. The van der Waals surface area contributed by atoms with Gasteiger partial charge in [-0.2, -0.15) is 0 Å². The smallest absolute Gasteiger partial charge is 0.257 e. The number of hydrogen-bond acceptors (Lipinski definition) is 4. The summed E-state index contributed by atoms with van der Waals surface area (Å²) in [6.07, 6.45) is 4.78. The van der Waals surface area contributed by atoms with Crippen LogP contribution in [-0.2, 0) is 4.79 Å². The maximum Gasteiger partial charge on any atom is 0.257 e. The zero-order valence-corrected chi connectivity index (χ0v) is 17.2. The van der Waals surface area contributed by atoms with Crippen molar-refractivity contribution in [3.63, 3.8) is 0 Å². The summed E-state index contributed by atoms with van der Waals surface area (Å²) in [4.78, 5) is 29.3. The van der Waals surface area contributed by atoms with Crippen LogP contribution in [0.15, 0.2) is 24.3 Å². The molecule has 1 aromatic carbocycles. The molecule has 2 amide bonds. The van der Waals surface area contributed by atoms with Crippen LogP contribution in [0.1, 0.15) is 49.9 Å². The second kappa shape index (κ2) is 9.92. The van der Waals surface area contributed by atoms with E-state index in [1.54, 1.807) is 0 Å². The van der Waals surface area contributed by atoms with Gasteiger partial charge in [0.1, 0.15) is 5.75 Å². The molecular weight excluding hydrogens is 354 g/mol. The van der Waals surface area contributed by atoms with Crippen molar-refractivity contribution in [2.24, 2.45) is 5.92 Å². The van der Waals surface area contributed by atoms with Crippen molar-refractivity contribution in [2.45, 2.75) is 45.6 Å². The predicted molar refractivity (Wildman–Crippen MR) is 110 cm³/mol. The summed E-state index contributed by atoms with van der Waals surface area (Å²) >= 11 is 0. The fourth-order valence-corrected chi connectivity index (χ4v) is 4.19. The third-order valence-corrected chi connectivity index (χ3v) is 5.90. The molecule has 1 heterocycles. The lowest BCUT2D eigenvalue weighted by molar-refractivity contribution is -0.123. The van der Waals surface area contributed by atoms with Crippen molar-refractivity contribution in [1.82, 2.24) is 15.1 Å². The molecule has 28 heavy (non-hydrogen) atoms. The van der Waals surface area contributed by atoms with Crippen molar-refractivity contribution < 1.29 is 14.3 Å². The van der Waals surface area contributed by atoms with Gasteiger partial charge in [0.2, 0.25) is 5.91 Å². The minimum Gasteiger partial charge on any atom is -0.493 e. The Hall–Kier alpha value is -2.08. The second-order valence-corrected chi connectivity index (χ2v) is 7.93. The first kappa shape index (κ1) is 20.6. The van der Waals surface area contributed by atoms with E-state index in [0.29, 0.717) is 49.5 Å². The Morgan fingerprint density at radius 1 is 1.11 bits per heavy atom. The number of benzene rings is 1. The molecule has 3 rings (SSSR count). The topological polar surface area (TPSA) is 61.9 Å². The number of nitrogens with one attached hydrogen (secondary N) is 1. The van der Waals surface area contributed by atoms with Gasteiger partial charge in [0, 0.05) is 32.2 Å². The van der Waals surface area contributed by atoms with Crippen LogP contribution >= 0.6 is 0 Å². The molecule has 6 nitrogen and oxygen atoms in total. The molecule has 0 radical (unpaired) electrons. The first-order chi connectivity index (χ1) is 13.6. The Kier molecular flexibility index (Phi) is 7.31. The molecule has 154 valence electrons. The highest BCUT2D eigenvalue weighted by Crippen LogP contribution is 2.24. The van der Waals surface area contributed by atoms with Crippen LogP contribution in [0.25, 0.3) is 0 Å². The Morgan fingerprint density at radius 2 is 1.82 bits per heavy atom. The first-order valence-electron chi connectivity index (χ1n) is 10.6. The highest BCUT2D eigenvalue weighted by molar-refractivity contribution is 5.97. The van der Waals surface area contributed by atoms with Gasteiger partial charge in [-0.1, -0.05) is 31.9 Å². The van der Waals surface area contributed by atoms with Crippen LogP contribution in [0, 0.1) is 5.92 Å². The van der Waals surface area contributed by atoms with Gasteiger partial charge < -0.3 is 15.0 Å². The van der Waals surface area contributed by atoms with Gasteiger partial charge in [-0.15, -0.1) is 0 Å². The number of piperazine rings is 1. The summed E-state index contributed by atoms with van der Waals surface area (Å²) in [5.74, 6) is 1.32. The maximum absolute atomic E-state index is 12.9. The van der Waals surface area contributed by atoms with Crippen LogP contribution in [-0.4, -0.2) is 67.0 Å². The molecule has 1 saturated carbocycles. The number of ether oxygens (including phenoxy) is 1. The number of amides is 2. The average Bonchev–Trinajstić information content (AvgIpc) is 2.70. The fraction of sp³-hybridized carbons (Fsp3) is 0.636. The molecular formula is C22H33N3O3. The number of hydrogen-bond donors (Lipinski definition) is 1. The lowest BCUT2D eigenvalue weighted by Crippen LogP contribution is -2.52. The van der Waals surface area contributed by atoms with Gasteiger partial charge in [-0.25, -0.2) is 0 Å². The molecule has 2 fully saturated rings. The van der Waals surface area contributed by atoms with Crippen LogP contribution in [0.2, 0.25) is 0 Å². The highest BCUT2D eigenvalue weighted by atomic mass is 16.5. The summed E-state index contributed by atoms with van der Waals surface area (Å²) in [7, 11) is 0. The standard InChI is InChI=1S/C22H33N3O3/c1-3-28-20-11-7-5-9-18(20)22(27)25-14-12-24(13-15-25)16-21(26)23-19-10-6-4-8-17(19)2/h5,7,9,11,17,19H,3-4,6,8,10,12-16H2,1-2H3,(H,23,26). The van der Waals surface area contributed by atoms with E-state index in [9.17, 15) is 9.59 Å². The van der Waals surface area contributed by atoms with Crippen molar-refractivity contribution in [3.8, 4) is 5.75 Å². The molecule has 2 atom stereocenters. The monoisotopic (exact) mass is 387 g/mol. The van der Waals surface area contributed by atoms with Crippen molar-refractivity contribution in [2.75, 3.05) is 39.3 Å². The van der Waals surface area contributed by atoms with E-state index in [0.717, 1.165) is 19.5 Å². The molecule has 0 aromatic heterocycles. The van der Waals surface area contributed by atoms with Crippen LogP contribution in [0.5, 0.6) is 5.75 Å². The van der Waals surface area contributed by atoms with Crippen LogP contribution in [0.4, 0.5) is 0 Å². The SMILES string of the molecule is CCOc1ccccc1C(=O)N1CCN(CC(=O)NC2CCCCC2C)CC1. The Labute approximate surface area is 168 Å². The highest BCUT2D eigenvalue weighted by Gasteiger charge is 2.27. The van der Waals surface area contributed by atoms with Gasteiger partial charge in [0.05, 0.1) is 18.7 Å². The average molecular weight is 388 g/mol. The number of para-hydroxylation sites is 1. The molecule has 2 unspecified atom stereocenters. The van der Waals surface area contributed by atoms with E-state index >= 15 is 0 Å². The zero-order chi connectivity index (χ0) is 19.9. The molecule has 1 aromatic rings. The Morgan fingerprint density at radius 3 is 2.54 bits per heavy atom. The third kappa shape index (κ3) is 5.25. The van der Waals surface area contributed by atoms with Gasteiger partial charge in [0.25, 0.3) is 5.91 Å². The van der Waals surface area contributed by atoms with Crippen LogP contribution in [0.3, 0.4) is 0 Å². The largest absolute Gasteiger partial charge is 0.493 e. The van der Waals surface area contributed by atoms with Gasteiger partial charge in [0.15, 0.2) is 0 Å². The Balaban J connectivity index is 1.48. The quantitative estimate of drug-likeness (QED) is 0.815. The van der Waals surface area contributed by atoms with E-state index in [4.69, 9.17) is 4.74 Å². The summed E-state index contributed by atoms with van der Waals surface area (Å²) in [6, 6.07) is 7.72. The summed E-state index contributed by atoms with van der Waals surface area (Å²) in [5.41, 5.74) is 0.613. The normalized spacial score (nSPS) is 23.3. The van der Waals surface area contributed by atoms with Gasteiger partial charge in [-0.3, -0.25) is 14.5 Å². The zero-order valence-electron chi connectivity index (χ0n) is 17.2. The van der Waals surface area contributed by atoms with Crippen molar-refractivity contribution in [1.29, 1.82) is 0 Å². The summed E-state index contributed by atoms with van der Waals surface area (Å²) in [5, 5.41) is 3.22. The minimum atomic E-state index is 0.00387. The molecule has 1 N–H and O–H groups in total. The second-order valence-electron chi connectivity index (χ2n) is 7.93. The first-order valence-corrected chi connectivity index (χ1v) is 10.6. The molecule has 0 bridgehead atoms. The van der Waals surface area contributed by atoms with E-state index in [-0.39, 0.29) is 11.8 Å². The van der Waals surface area contributed by atoms with E-state index < -0.39 is 0 Å². The fourth-order valence-electron chi connectivity index (χ4n) is 4.19. The van der Waals surface area contributed by atoms with Crippen LogP contribution < -0.4 is 10.1 Å². The maximum atomic E-state index is 12.9. The van der Waals surface area contributed by atoms with Gasteiger partial charge in [-0.05, 0) is 37.8 Å². The number of carbonyl (C=O) groups excluding carboxylic acids is 2. The van der Waals surface area contributed by atoms with E-state index in [1.165, 1.54) is 19.3 Å². The van der Waals surface area contributed by atoms with Crippen molar-refractivity contribution >= 4 is 11.8 Å². The number of carbonyl (C=O) groups is 2. The van der Waals surface area contributed by atoms with E-state index in [1.807, 2.05) is 36.1 Å². The lowest BCUT2D eigenvalue weighted by atomic mass is 9.86. The lowest BCUT2D eigenvalue weighted by Gasteiger charge is -2.35. The molecule has 1 saturated heterocycles. The molecule has 2 aliphatic rings. The van der Waals surface area contributed by atoms with E-state index in [2.05, 4.69) is 17.1 Å².